The molecule has 0 bridgehead atoms. The number of nitriles is 1. The summed E-state index contributed by atoms with van der Waals surface area (Å²) in [4.78, 5) is 12.5. The Hall–Kier alpha value is -3.62. The van der Waals surface area contributed by atoms with Gasteiger partial charge in [-0.2, -0.15) is 5.26 Å². The van der Waals surface area contributed by atoms with Gasteiger partial charge < -0.3 is 14.8 Å². The Labute approximate surface area is 176 Å². The van der Waals surface area contributed by atoms with Crippen LogP contribution in [-0.2, 0) is 9.53 Å². The van der Waals surface area contributed by atoms with Crippen molar-refractivity contribution in [3.05, 3.63) is 96.1 Å². The Bertz CT molecular complexity index is 929. The first-order valence-electron chi connectivity index (χ1n) is 9.87. The normalized spacial score (nSPS) is 10.4. The minimum atomic E-state index is -0.326. The molecule has 3 rings (SSSR count). The van der Waals surface area contributed by atoms with Crippen LogP contribution in [0.5, 0.6) is 5.75 Å². The molecule has 0 heterocycles. The summed E-state index contributed by atoms with van der Waals surface area (Å²) in [6, 6.07) is 29.0. The van der Waals surface area contributed by atoms with Crippen LogP contribution in [0.2, 0.25) is 0 Å². The zero-order valence-corrected chi connectivity index (χ0v) is 16.7. The molecule has 1 N–H and O–H groups in total. The van der Waals surface area contributed by atoms with E-state index >= 15 is 0 Å². The summed E-state index contributed by atoms with van der Waals surface area (Å²) in [7, 11) is 0. The van der Waals surface area contributed by atoms with Gasteiger partial charge in [0.25, 0.3) is 0 Å². The lowest BCUT2D eigenvalue weighted by Crippen LogP contribution is -2.20. The Morgan fingerprint density at radius 3 is 2.23 bits per heavy atom. The lowest BCUT2D eigenvalue weighted by molar-refractivity contribution is -0.121. The Balaban J connectivity index is 1.59. The smallest absolute Gasteiger partial charge is 0.250 e. The Kier molecular flexibility index (Phi) is 8.02. The largest absolute Gasteiger partial charge is 0.493 e. The van der Waals surface area contributed by atoms with Crippen LogP contribution in [-0.4, -0.2) is 19.1 Å². The van der Waals surface area contributed by atoms with E-state index in [1.807, 2.05) is 72.8 Å². The second-order valence-corrected chi connectivity index (χ2v) is 6.70. The standard InChI is InChI=1S/C25H24N2O3/c26-16-7-8-17-29-23-15-9-14-22(18-23)27-24(28)19-30-25(20-10-3-1-4-11-20)21-12-5-2-6-13-21/h1-6,9-15,18,25H,7-8,17,19H2,(H,27,28). The second kappa shape index (κ2) is 11.4. The Morgan fingerprint density at radius 2 is 1.60 bits per heavy atom. The van der Waals surface area contributed by atoms with E-state index in [-0.39, 0.29) is 18.6 Å². The SMILES string of the molecule is N#CCCCOc1cccc(NC(=O)COC(c2ccccc2)c2ccccc2)c1. The highest BCUT2D eigenvalue weighted by Gasteiger charge is 2.16. The molecular weight excluding hydrogens is 376 g/mol. The molecule has 0 aliphatic heterocycles. The van der Waals surface area contributed by atoms with Crippen LogP contribution in [0.4, 0.5) is 5.69 Å². The summed E-state index contributed by atoms with van der Waals surface area (Å²) in [6.07, 6.45) is 0.798. The maximum Gasteiger partial charge on any atom is 0.250 e. The lowest BCUT2D eigenvalue weighted by atomic mass is 10.0. The van der Waals surface area contributed by atoms with E-state index in [1.165, 1.54) is 0 Å². The van der Waals surface area contributed by atoms with Crippen LogP contribution in [0.25, 0.3) is 0 Å². The van der Waals surface area contributed by atoms with Crippen molar-refractivity contribution in [1.82, 2.24) is 0 Å². The van der Waals surface area contributed by atoms with Crippen LogP contribution in [0.15, 0.2) is 84.9 Å². The number of rotatable bonds is 10. The molecule has 0 aromatic heterocycles. The third-order valence-electron chi connectivity index (χ3n) is 4.41. The van der Waals surface area contributed by atoms with Gasteiger partial charge in [0.05, 0.1) is 12.7 Å². The van der Waals surface area contributed by atoms with Crippen LogP contribution in [0, 0.1) is 11.3 Å². The van der Waals surface area contributed by atoms with Gasteiger partial charge in [0.1, 0.15) is 18.5 Å². The number of carbonyl (C=O) groups excluding carboxylic acids is 1. The van der Waals surface area contributed by atoms with E-state index in [4.69, 9.17) is 14.7 Å². The molecule has 152 valence electrons. The van der Waals surface area contributed by atoms with Gasteiger partial charge in [0.2, 0.25) is 5.91 Å². The fourth-order valence-corrected chi connectivity index (χ4v) is 3.00. The highest BCUT2D eigenvalue weighted by molar-refractivity contribution is 5.91. The fourth-order valence-electron chi connectivity index (χ4n) is 3.00. The van der Waals surface area contributed by atoms with Gasteiger partial charge >= 0.3 is 0 Å². The summed E-state index contributed by atoms with van der Waals surface area (Å²) >= 11 is 0. The third-order valence-corrected chi connectivity index (χ3v) is 4.41. The molecule has 0 fully saturated rings. The number of carbonyl (C=O) groups is 1. The zero-order valence-electron chi connectivity index (χ0n) is 16.7. The van der Waals surface area contributed by atoms with Gasteiger partial charge in [-0.1, -0.05) is 66.7 Å². The zero-order chi connectivity index (χ0) is 21.0. The molecule has 0 radical (unpaired) electrons. The summed E-state index contributed by atoms with van der Waals surface area (Å²) in [5.41, 5.74) is 2.62. The monoisotopic (exact) mass is 400 g/mol. The van der Waals surface area contributed by atoms with Gasteiger partial charge in [-0.3, -0.25) is 4.79 Å². The van der Waals surface area contributed by atoms with E-state index in [1.54, 1.807) is 12.1 Å². The van der Waals surface area contributed by atoms with Crippen LogP contribution >= 0.6 is 0 Å². The number of nitrogens with one attached hydrogen (secondary N) is 1. The van der Waals surface area contributed by atoms with Gasteiger partial charge in [0.15, 0.2) is 0 Å². The number of unbranched alkanes of at least 4 members (excludes halogenated alkanes) is 1. The molecule has 1 amide bonds. The molecule has 3 aromatic rings. The van der Waals surface area contributed by atoms with E-state index in [0.717, 1.165) is 11.1 Å². The number of hydrogen-bond acceptors (Lipinski definition) is 4. The molecule has 5 heteroatoms. The molecule has 30 heavy (non-hydrogen) atoms. The summed E-state index contributed by atoms with van der Waals surface area (Å²) < 4.78 is 11.6. The molecule has 0 aliphatic carbocycles. The molecule has 3 aromatic carbocycles. The fraction of sp³-hybridized carbons (Fsp3) is 0.200. The summed E-state index contributed by atoms with van der Waals surface area (Å²) in [5, 5.41) is 11.4. The van der Waals surface area contributed by atoms with Crippen molar-refractivity contribution in [1.29, 1.82) is 5.26 Å². The quantitative estimate of drug-likeness (QED) is 0.480. The minimum absolute atomic E-state index is 0.0816. The minimum Gasteiger partial charge on any atom is -0.493 e. The van der Waals surface area contributed by atoms with E-state index in [9.17, 15) is 4.79 Å². The number of nitrogens with zero attached hydrogens (tertiary/aromatic N) is 1. The highest BCUT2D eigenvalue weighted by Crippen LogP contribution is 2.26. The van der Waals surface area contributed by atoms with E-state index in [0.29, 0.717) is 30.9 Å². The number of amides is 1. The second-order valence-electron chi connectivity index (χ2n) is 6.70. The van der Waals surface area contributed by atoms with Crippen molar-refractivity contribution in [3.63, 3.8) is 0 Å². The number of hydrogen-bond donors (Lipinski definition) is 1. The molecule has 0 aliphatic rings. The molecule has 0 unspecified atom stereocenters. The van der Waals surface area contributed by atoms with Gasteiger partial charge in [0, 0.05) is 18.2 Å². The lowest BCUT2D eigenvalue weighted by Gasteiger charge is -2.19. The molecule has 0 saturated heterocycles. The molecule has 0 saturated carbocycles. The first kappa shape index (κ1) is 21.1. The van der Waals surface area contributed by atoms with Crippen LogP contribution in [0.1, 0.15) is 30.1 Å². The van der Waals surface area contributed by atoms with Gasteiger partial charge in [-0.25, -0.2) is 0 Å². The topological polar surface area (TPSA) is 71.3 Å². The van der Waals surface area contributed by atoms with E-state index in [2.05, 4.69) is 11.4 Å². The average molecular weight is 400 g/mol. The number of benzene rings is 3. The molecule has 0 atom stereocenters. The first-order valence-corrected chi connectivity index (χ1v) is 9.87. The summed E-state index contributed by atoms with van der Waals surface area (Å²) in [6.45, 7) is 0.381. The van der Waals surface area contributed by atoms with Crippen LogP contribution in [0.3, 0.4) is 0 Å². The molecule has 0 spiro atoms. The summed E-state index contributed by atoms with van der Waals surface area (Å²) in [5.74, 6) is 0.409. The first-order chi connectivity index (χ1) is 14.8. The van der Waals surface area contributed by atoms with Crippen molar-refractivity contribution in [3.8, 4) is 11.8 Å². The van der Waals surface area contributed by atoms with Gasteiger partial charge in [-0.15, -0.1) is 0 Å². The van der Waals surface area contributed by atoms with Crippen LogP contribution < -0.4 is 10.1 Å². The predicted octanol–water partition coefficient (Wildman–Crippen LogP) is 5.11. The van der Waals surface area contributed by atoms with Crippen molar-refractivity contribution in [2.45, 2.75) is 18.9 Å². The van der Waals surface area contributed by atoms with Crippen molar-refractivity contribution in [2.75, 3.05) is 18.5 Å². The molecular formula is C25H24N2O3. The van der Waals surface area contributed by atoms with Crippen molar-refractivity contribution in [2.24, 2.45) is 0 Å². The highest BCUT2D eigenvalue weighted by atomic mass is 16.5. The maximum atomic E-state index is 12.5. The predicted molar refractivity (Wildman–Crippen MR) is 116 cm³/mol. The maximum absolute atomic E-state index is 12.5. The average Bonchev–Trinajstić information content (AvgIpc) is 2.79. The Morgan fingerprint density at radius 1 is 0.933 bits per heavy atom. The van der Waals surface area contributed by atoms with Crippen molar-refractivity contribution >= 4 is 11.6 Å². The number of ether oxygens (including phenoxy) is 2. The third kappa shape index (κ3) is 6.47. The molecule has 5 nitrogen and oxygen atoms in total. The number of anilines is 1. The van der Waals surface area contributed by atoms with E-state index < -0.39 is 0 Å². The van der Waals surface area contributed by atoms with Gasteiger partial charge in [-0.05, 0) is 29.7 Å². The van der Waals surface area contributed by atoms with Crippen molar-refractivity contribution < 1.29 is 14.3 Å².